The molecule has 2 rings (SSSR count). The van der Waals surface area contributed by atoms with Crippen LogP contribution in [0.1, 0.15) is 71.6 Å². The maximum Gasteiger partial charge on any atom is 0.306 e. The zero-order chi connectivity index (χ0) is 18.5. The molecule has 0 heterocycles. The van der Waals surface area contributed by atoms with E-state index in [4.69, 9.17) is 20.9 Å². The predicted octanol–water partition coefficient (Wildman–Crippen LogP) is 2.28. The van der Waals surface area contributed by atoms with Crippen LogP contribution in [0.2, 0.25) is 0 Å². The summed E-state index contributed by atoms with van der Waals surface area (Å²) in [5.74, 6) is 0.288. The van der Waals surface area contributed by atoms with Gasteiger partial charge >= 0.3 is 11.9 Å². The first-order valence-electron chi connectivity index (χ1n) is 9.66. The van der Waals surface area contributed by atoms with Crippen LogP contribution in [0.15, 0.2) is 0 Å². The van der Waals surface area contributed by atoms with Gasteiger partial charge in [0.25, 0.3) is 0 Å². The van der Waals surface area contributed by atoms with Crippen molar-refractivity contribution in [3.63, 3.8) is 0 Å². The molecule has 0 aromatic carbocycles. The SMILES string of the molecule is CC1CCCC(CN)(OC(=O)CCC(=O)OC2(CN)CCC(C)C2)C1. The summed E-state index contributed by atoms with van der Waals surface area (Å²) in [6.07, 6.45) is 6.45. The maximum atomic E-state index is 12.2. The van der Waals surface area contributed by atoms with E-state index in [2.05, 4.69) is 13.8 Å². The second-order valence-electron chi connectivity index (χ2n) is 8.27. The molecule has 0 aromatic rings. The molecule has 0 aromatic heterocycles. The fraction of sp³-hybridized carbons (Fsp3) is 0.895. The third-order valence-corrected chi connectivity index (χ3v) is 5.80. The van der Waals surface area contributed by atoms with E-state index in [1.54, 1.807) is 0 Å². The van der Waals surface area contributed by atoms with Gasteiger partial charge in [-0.15, -0.1) is 0 Å². The molecule has 4 N–H and O–H groups in total. The molecular weight excluding hydrogens is 320 g/mol. The van der Waals surface area contributed by atoms with Crippen molar-refractivity contribution >= 4 is 11.9 Å². The molecule has 2 aliphatic carbocycles. The highest BCUT2D eigenvalue weighted by Gasteiger charge is 2.40. The molecule has 2 fully saturated rings. The number of rotatable bonds is 7. The van der Waals surface area contributed by atoms with Crippen LogP contribution in [-0.4, -0.2) is 36.2 Å². The van der Waals surface area contributed by atoms with Gasteiger partial charge in [-0.2, -0.15) is 0 Å². The average Bonchev–Trinajstić information content (AvgIpc) is 2.94. The lowest BCUT2D eigenvalue weighted by Crippen LogP contribution is -2.46. The summed E-state index contributed by atoms with van der Waals surface area (Å²) < 4.78 is 11.3. The zero-order valence-electron chi connectivity index (χ0n) is 15.7. The third kappa shape index (κ3) is 5.42. The molecule has 144 valence electrons. The summed E-state index contributed by atoms with van der Waals surface area (Å²) in [7, 11) is 0. The highest BCUT2D eigenvalue weighted by Crippen LogP contribution is 2.37. The van der Waals surface area contributed by atoms with Gasteiger partial charge in [-0.3, -0.25) is 9.59 Å². The monoisotopic (exact) mass is 354 g/mol. The van der Waals surface area contributed by atoms with Crippen molar-refractivity contribution in [3.05, 3.63) is 0 Å². The van der Waals surface area contributed by atoms with Crippen molar-refractivity contribution in [2.24, 2.45) is 23.3 Å². The summed E-state index contributed by atoms with van der Waals surface area (Å²) in [6, 6.07) is 0. The predicted molar refractivity (Wildman–Crippen MR) is 95.6 cm³/mol. The Kier molecular flexibility index (Phi) is 6.86. The molecule has 0 aliphatic heterocycles. The molecule has 6 nitrogen and oxygen atoms in total. The Labute approximate surface area is 151 Å². The number of hydrogen-bond acceptors (Lipinski definition) is 6. The van der Waals surface area contributed by atoms with E-state index in [1.165, 1.54) is 0 Å². The first kappa shape index (κ1) is 20.2. The number of esters is 2. The number of carbonyl (C=O) groups excluding carboxylic acids is 2. The molecule has 0 bridgehead atoms. The molecule has 6 heteroatoms. The zero-order valence-corrected chi connectivity index (χ0v) is 15.7. The molecule has 0 amide bonds. The quantitative estimate of drug-likeness (QED) is 0.680. The molecule has 0 radical (unpaired) electrons. The van der Waals surface area contributed by atoms with Gasteiger partial charge in [0, 0.05) is 13.1 Å². The van der Waals surface area contributed by atoms with Gasteiger partial charge in [0.2, 0.25) is 0 Å². The van der Waals surface area contributed by atoms with Crippen LogP contribution in [0.4, 0.5) is 0 Å². The number of hydrogen-bond donors (Lipinski definition) is 2. The smallest absolute Gasteiger partial charge is 0.306 e. The van der Waals surface area contributed by atoms with E-state index < -0.39 is 11.2 Å². The van der Waals surface area contributed by atoms with E-state index >= 15 is 0 Å². The molecule has 25 heavy (non-hydrogen) atoms. The van der Waals surface area contributed by atoms with Crippen LogP contribution in [0.25, 0.3) is 0 Å². The molecule has 2 aliphatic rings. The van der Waals surface area contributed by atoms with Crippen molar-refractivity contribution in [1.29, 1.82) is 0 Å². The summed E-state index contributed by atoms with van der Waals surface area (Å²) in [5, 5.41) is 0. The Bertz CT molecular complexity index is 484. The minimum absolute atomic E-state index is 0.0329. The number of ether oxygens (including phenoxy) is 2. The van der Waals surface area contributed by atoms with Gasteiger partial charge < -0.3 is 20.9 Å². The molecule has 4 unspecified atom stereocenters. The summed E-state index contributed by atoms with van der Waals surface area (Å²) in [5.41, 5.74) is 10.6. The Morgan fingerprint density at radius 2 is 1.36 bits per heavy atom. The summed E-state index contributed by atoms with van der Waals surface area (Å²) >= 11 is 0. The summed E-state index contributed by atoms with van der Waals surface area (Å²) in [6.45, 7) is 4.97. The van der Waals surface area contributed by atoms with E-state index in [-0.39, 0.29) is 24.8 Å². The first-order valence-corrected chi connectivity index (χ1v) is 9.66. The minimum Gasteiger partial charge on any atom is -0.458 e. The normalized spacial score (nSPS) is 35.4. The van der Waals surface area contributed by atoms with Crippen molar-refractivity contribution in [2.45, 2.75) is 82.8 Å². The fourth-order valence-corrected chi connectivity index (χ4v) is 4.39. The molecular formula is C19H34N2O4. The molecule has 4 atom stereocenters. The lowest BCUT2D eigenvalue weighted by atomic mass is 9.79. The minimum atomic E-state index is -0.558. The summed E-state index contributed by atoms with van der Waals surface area (Å²) in [4.78, 5) is 24.4. The van der Waals surface area contributed by atoms with Crippen LogP contribution >= 0.6 is 0 Å². The van der Waals surface area contributed by atoms with Gasteiger partial charge in [-0.05, 0) is 50.4 Å². The largest absolute Gasteiger partial charge is 0.458 e. The Morgan fingerprint density at radius 1 is 0.880 bits per heavy atom. The lowest BCUT2D eigenvalue weighted by molar-refractivity contribution is -0.169. The highest BCUT2D eigenvalue weighted by atomic mass is 16.6. The van der Waals surface area contributed by atoms with E-state index in [0.717, 1.165) is 44.9 Å². The third-order valence-electron chi connectivity index (χ3n) is 5.80. The van der Waals surface area contributed by atoms with Gasteiger partial charge in [0.15, 0.2) is 0 Å². The van der Waals surface area contributed by atoms with Crippen molar-refractivity contribution in [3.8, 4) is 0 Å². The molecule has 0 spiro atoms. The first-order chi connectivity index (χ1) is 11.8. The van der Waals surface area contributed by atoms with Gasteiger partial charge in [-0.25, -0.2) is 0 Å². The van der Waals surface area contributed by atoms with Crippen LogP contribution in [0.3, 0.4) is 0 Å². The van der Waals surface area contributed by atoms with E-state index in [9.17, 15) is 9.59 Å². The van der Waals surface area contributed by atoms with Crippen LogP contribution in [-0.2, 0) is 19.1 Å². The Hall–Kier alpha value is -1.14. The average molecular weight is 354 g/mol. The number of nitrogens with two attached hydrogens (primary N) is 2. The Morgan fingerprint density at radius 3 is 1.76 bits per heavy atom. The number of carbonyl (C=O) groups is 2. The van der Waals surface area contributed by atoms with Crippen molar-refractivity contribution in [2.75, 3.05) is 13.1 Å². The van der Waals surface area contributed by atoms with Crippen molar-refractivity contribution < 1.29 is 19.1 Å². The van der Waals surface area contributed by atoms with Gasteiger partial charge in [-0.1, -0.05) is 20.3 Å². The van der Waals surface area contributed by atoms with E-state index in [0.29, 0.717) is 24.9 Å². The van der Waals surface area contributed by atoms with Gasteiger partial charge in [0.1, 0.15) is 11.2 Å². The molecule has 0 saturated heterocycles. The fourth-order valence-electron chi connectivity index (χ4n) is 4.39. The van der Waals surface area contributed by atoms with Crippen LogP contribution in [0, 0.1) is 11.8 Å². The highest BCUT2D eigenvalue weighted by molar-refractivity contribution is 5.78. The van der Waals surface area contributed by atoms with E-state index in [1.807, 2.05) is 0 Å². The van der Waals surface area contributed by atoms with Gasteiger partial charge in [0.05, 0.1) is 12.8 Å². The molecule has 2 saturated carbocycles. The van der Waals surface area contributed by atoms with Crippen LogP contribution in [0.5, 0.6) is 0 Å². The standard InChI is InChI=1S/C19H34N2O4/c1-14-4-3-8-18(10-14,12-20)24-16(22)5-6-17(23)25-19(13-21)9-7-15(2)11-19/h14-15H,3-13,20-21H2,1-2H3. The lowest BCUT2D eigenvalue weighted by Gasteiger charge is -2.38. The second kappa shape index (κ2) is 8.49. The second-order valence-corrected chi connectivity index (χ2v) is 8.27. The maximum absolute atomic E-state index is 12.2. The van der Waals surface area contributed by atoms with Crippen molar-refractivity contribution in [1.82, 2.24) is 0 Å². The Balaban J connectivity index is 1.80. The topological polar surface area (TPSA) is 105 Å². The van der Waals surface area contributed by atoms with Crippen LogP contribution < -0.4 is 11.5 Å².